The molecule has 1 fully saturated rings. The Hall–Kier alpha value is -1.16. The largest absolute Gasteiger partial charge is 0.308 e. The molecule has 1 aromatic heterocycles. The Morgan fingerprint density at radius 3 is 2.86 bits per heavy atom. The predicted octanol–water partition coefficient (Wildman–Crippen LogP) is 3.99. The predicted molar refractivity (Wildman–Crippen MR) is 91.7 cm³/mol. The van der Waals surface area contributed by atoms with E-state index >= 15 is 0 Å². The average molecular weight is 300 g/mol. The summed E-state index contributed by atoms with van der Waals surface area (Å²) in [5.74, 6) is 0. The minimum atomic E-state index is 0.654. The lowest BCUT2D eigenvalue weighted by Gasteiger charge is -2.32. The van der Waals surface area contributed by atoms with E-state index in [-0.39, 0.29) is 0 Å². The van der Waals surface area contributed by atoms with Crippen molar-refractivity contribution in [2.24, 2.45) is 0 Å². The third-order valence-corrected chi connectivity index (χ3v) is 5.37. The van der Waals surface area contributed by atoms with Crippen molar-refractivity contribution in [1.29, 1.82) is 0 Å². The van der Waals surface area contributed by atoms with Gasteiger partial charge in [0, 0.05) is 28.9 Å². The summed E-state index contributed by atoms with van der Waals surface area (Å²) in [5.41, 5.74) is 1.32. The molecule has 0 amide bonds. The summed E-state index contributed by atoms with van der Waals surface area (Å²) in [6, 6.07) is 15.8. The number of hydrogen-bond acceptors (Lipinski definition) is 3. The number of rotatable bonds is 5. The molecular formula is C18H24N2S. The lowest BCUT2D eigenvalue weighted by Crippen LogP contribution is -2.45. The fourth-order valence-corrected chi connectivity index (χ4v) is 3.95. The second kappa shape index (κ2) is 7.21. The van der Waals surface area contributed by atoms with E-state index in [0.717, 1.165) is 6.54 Å². The zero-order valence-corrected chi connectivity index (χ0v) is 13.5. The van der Waals surface area contributed by atoms with E-state index in [4.69, 9.17) is 0 Å². The number of hydrogen-bond donors (Lipinski definition) is 1. The average Bonchev–Trinajstić information content (AvgIpc) is 3.03. The van der Waals surface area contributed by atoms with Crippen LogP contribution in [0.5, 0.6) is 0 Å². The summed E-state index contributed by atoms with van der Waals surface area (Å²) in [7, 11) is 0. The SMILES string of the molecule is CCN1CCCC(NCc2ccc(-c3ccccc3)s2)C1. The molecule has 1 saturated heterocycles. The van der Waals surface area contributed by atoms with Gasteiger partial charge in [-0.2, -0.15) is 0 Å². The smallest absolute Gasteiger partial charge is 0.0346 e. The Morgan fingerprint density at radius 2 is 2.05 bits per heavy atom. The Morgan fingerprint density at radius 1 is 1.19 bits per heavy atom. The van der Waals surface area contributed by atoms with Crippen molar-refractivity contribution >= 4 is 11.3 Å². The molecule has 1 aliphatic heterocycles. The minimum Gasteiger partial charge on any atom is -0.308 e. The number of piperidine rings is 1. The van der Waals surface area contributed by atoms with Crippen molar-refractivity contribution < 1.29 is 0 Å². The maximum atomic E-state index is 3.74. The highest BCUT2D eigenvalue weighted by Gasteiger charge is 2.18. The fraction of sp³-hybridized carbons (Fsp3) is 0.444. The number of likely N-dealkylation sites (N-methyl/N-ethyl adjacent to an activating group) is 1. The summed E-state index contributed by atoms with van der Waals surface area (Å²) in [5, 5.41) is 3.74. The zero-order chi connectivity index (χ0) is 14.5. The van der Waals surface area contributed by atoms with E-state index in [2.05, 4.69) is 59.6 Å². The summed E-state index contributed by atoms with van der Waals surface area (Å²) in [6.07, 6.45) is 2.64. The van der Waals surface area contributed by atoms with Crippen LogP contribution >= 0.6 is 11.3 Å². The minimum absolute atomic E-state index is 0.654. The summed E-state index contributed by atoms with van der Waals surface area (Å²) >= 11 is 1.91. The van der Waals surface area contributed by atoms with Crippen LogP contribution in [0.3, 0.4) is 0 Å². The number of nitrogens with zero attached hydrogens (tertiary/aromatic N) is 1. The quantitative estimate of drug-likeness (QED) is 0.898. The molecule has 3 heteroatoms. The molecule has 2 nitrogen and oxygen atoms in total. The van der Waals surface area contributed by atoms with Gasteiger partial charge in [0.05, 0.1) is 0 Å². The van der Waals surface area contributed by atoms with Crippen molar-refractivity contribution in [3.8, 4) is 10.4 Å². The molecule has 2 aromatic rings. The Bertz CT molecular complexity index is 549. The molecule has 21 heavy (non-hydrogen) atoms. The monoisotopic (exact) mass is 300 g/mol. The van der Waals surface area contributed by atoms with Gasteiger partial charge in [-0.3, -0.25) is 0 Å². The van der Waals surface area contributed by atoms with E-state index in [1.165, 1.54) is 47.8 Å². The third kappa shape index (κ3) is 3.94. The highest BCUT2D eigenvalue weighted by Crippen LogP contribution is 2.27. The van der Waals surface area contributed by atoms with E-state index in [9.17, 15) is 0 Å². The van der Waals surface area contributed by atoms with Gasteiger partial charge in [-0.15, -0.1) is 11.3 Å². The molecule has 0 aliphatic carbocycles. The molecule has 0 bridgehead atoms. The normalized spacial score (nSPS) is 19.8. The highest BCUT2D eigenvalue weighted by atomic mass is 32.1. The maximum absolute atomic E-state index is 3.74. The molecule has 3 rings (SSSR count). The standard InChI is InChI=1S/C18H24N2S/c1-2-20-12-6-9-16(14-20)19-13-17-10-11-18(21-17)15-7-4-3-5-8-15/h3-5,7-8,10-11,16,19H,2,6,9,12-14H2,1H3. The second-order valence-corrected chi connectivity index (χ2v) is 6.91. The molecule has 1 unspecified atom stereocenters. The molecule has 1 N–H and O–H groups in total. The van der Waals surface area contributed by atoms with E-state index < -0.39 is 0 Å². The van der Waals surface area contributed by atoms with Crippen LogP contribution in [0.1, 0.15) is 24.6 Å². The first-order chi connectivity index (χ1) is 10.3. The molecule has 1 atom stereocenters. The van der Waals surface area contributed by atoms with Gasteiger partial charge >= 0.3 is 0 Å². The molecule has 0 saturated carbocycles. The van der Waals surface area contributed by atoms with Crippen LogP contribution < -0.4 is 5.32 Å². The van der Waals surface area contributed by atoms with Gasteiger partial charge in [0.1, 0.15) is 0 Å². The number of benzene rings is 1. The number of thiophene rings is 1. The van der Waals surface area contributed by atoms with Gasteiger partial charge in [0.15, 0.2) is 0 Å². The van der Waals surface area contributed by atoms with Gasteiger partial charge in [0.2, 0.25) is 0 Å². The van der Waals surface area contributed by atoms with Gasteiger partial charge in [0.25, 0.3) is 0 Å². The number of nitrogens with one attached hydrogen (secondary N) is 1. The van der Waals surface area contributed by atoms with Crippen molar-refractivity contribution in [3.63, 3.8) is 0 Å². The van der Waals surface area contributed by atoms with Crippen LogP contribution in [-0.4, -0.2) is 30.6 Å². The lowest BCUT2D eigenvalue weighted by atomic mass is 10.1. The molecule has 1 aromatic carbocycles. The van der Waals surface area contributed by atoms with Crippen LogP contribution in [0.4, 0.5) is 0 Å². The van der Waals surface area contributed by atoms with Crippen LogP contribution in [0, 0.1) is 0 Å². The third-order valence-electron chi connectivity index (χ3n) is 4.24. The molecular weight excluding hydrogens is 276 g/mol. The first-order valence-corrected chi connectivity index (χ1v) is 8.76. The molecule has 0 spiro atoms. The van der Waals surface area contributed by atoms with Crippen LogP contribution in [-0.2, 0) is 6.54 Å². The van der Waals surface area contributed by atoms with Crippen molar-refractivity contribution in [2.75, 3.05) is 19.6 Å². The Labute approximate surface area is 131 Å². The first kappa shape index (κ1) is 14.8. The van der Waals surface area contributed by atoms with E-state index in [1.54, 1.807) is 0 Å². The van der Waals surface area contributed by atoms with Crippen molar-refractivity contribution in [1.82, 2.24) is 10.2 Å². The van der Waals surface area contributed by atoms with Crippen LogP contribution in [0.25, 0.3) is 10.4 Å². The molecule has 112 valence electrons. The van der Waals surface area contributed by atoms with Crippen LogP contribution in [0.15, 0.2) is 42.5 Å². The molecule has 0 radical (unpaired) electrons. The zero-order valence-electron chi connectivity index (χ0n) is 12.7. The lowest BCUT2D eigenvalue weighted by molar-refractivity contribution is 0.198. The van der Waals surface area contributed by atoms with Crippen molar-refractivity contribution in [2.45, 2.75) is 32.4 Å². The van der Waals surface area contributed by atoms with Gasteiger partial charge in [-0.05, 0) is 43.6 Å². The summed E-state index contributed by atoms with van der Waals surface area (Å²) in [4.78, 5) is 5.35. The molecule has 2 heterocycles. The molecule has 1 aliphatic rings. The van der Waals surface area contributed by atoms with Gasteiger partial charge in [-0.1, -0.05) is 37.3 Å². The summed E-state index contributed by atoms with van der Waals surface area (Å²) < 4.78 is 0. The number of likely N-dealkylation sites (tertiary alicyclic amines) is 1. The Balaban J connectivity index is 1.55. The van der Waals surface area contributed by atoms with Gasteiger partial charge < -0.3 is 10.2 Å². The fourth-order valence-electron chi connectivity index (χ4n) is 2.98. The maximum Gasteiger partial charge on any atom is 0.0346 e. The second-order valence-electron chi connectivity index (χ2n) is 5.75. The first-order valence-electron chi connectivity index (χ1n) is 7.95. The highest BCUT2D eigenvalue weighted by molar-refractivity contribution is 7.15. The van der Waals surface area contributed by atoms with Gasteiger partial charge in [-0.25, -0.2) is 0 Å². The van der Waals surface area contributed by atoms with Crippen molar-refractivity contribution in [3.05, 3.63) is 47.3 Å². The Kier molecular flexibility index (Phi) is 5.07. The topological polar surface area (TPSA) is 15.3 Å². The summed E-state index contributed by atoms with van der Waals surface area (Å²) in [6.45, 7) is 6.90. The van der Waals surface area contributed by atoms with Crippen LogP contribution in [0.2, 0.25) is 0 Å². The van der Waals surface area contributed by atoms with E-state index in [0.29, 0.717) is 6.04 Å². The van der Waals surface area contributed by atoms with E-state index in [1.807, 2.05) is 11.3 Å².